The first-order valence-corrected chi connectivity index (χ1v) is 6.51. The standard InChI is InChI=1S/C9H12ClFN2O3S/c1-5(4-14)13-17(15,16)9-3-8(12)7(11)2-6(9)10/h2-3,5,13-14H,4,12H2,1H3/t5-/m1/s1. The van der Waals surface area contributed by atoms with Gasteiger partial charge in [0.1, 0.15) is 10.7 Å². The van der Waals surface area contributed by atoms with Crippen LogP contribution in [0, 0.1) is 5.82 Å². The van der Waals surface area contributed by atoms with Gasteiger partial charge in [0.25, 0.3) is 0 Å². The molecule has 0 aliphatic rings. The summed E-state index contributed by atoms with van der Waals surface area (Å²) in [5.41, 5.74) is 4.96. The van der Waals surface area contributed by atoms with E-state index in [2.05, 4.69) is 4.72 Å². The van der Waals surface area contributed by atoms with Crippen LogP contribution in [0.4, 0.5) is 10.1 Å². The van der Waals surface area contributed by atoms with Crippen molar-refractivity contribution in [1.29, 1.82) is 0 Å². The number of nitrogens with one attached hydrogen (secondary N) is 1. The second-order valence-electron chi connectivity index (χ2n) is 3.51. The van der Waals surface area contributed by atoms with Gasteiger partial charge in [0.2, 0.25) is 10.0 Å². The zero-order valence-corrected chi connectivity index (χ0v) is 10.5. The molecule has 96 valence electrons. The molecule has 4 N–H and O–H groups in total. The lowest BCUT2D eigenvalue weighted by atomic mass is 10.3. The molecule has 8 heteroatoms. The smallest absolute Gasteiger partial charge is 0.242 e. The molecule has 1 aromatic carbocycles. The first-order valence-electron chi connectivity index (χ1n) is 4.65. The van der Waals surface area contributed by atoms with Crippen LogP contribution in [0.5, 0.6) is 0 Å². The van der Waals surface area contributed by atoms with Crippen molar-refractivity contribution in [2.24, 2.45) is 0 Å². The monoisotopic (exact) mass is 282 g/mol. The Balaban J connectivity index is 3.20. The molecule has 0 aliphatic carbocycles. The number of hydrogen-bond acceptors (Lipinski definition) is 4. The lowest BCUT2D eigenvalue weighted by Crippen LogP contribution is -2.35. The Hall–Kier alpha value is -0.890. The largest absolute Gasteiger partial charge is 0.396 e. The van der Waals surface area contributed by atoms with Crippen molar-refractivity contribution in [1.82, 2.24) is 4.72 Å². The van der Waals surface area contributed by atoms with Gasteiger partial charge in [0, 0.05) is 6.04 Å². The molecule has 0 fully saturated rings. The fourth-order valence-electron chi connectivity index (χ4n) is 1.12. The molecule has 0 heterocycles. The Kier molecular flexibility index (Phi) is 4.31. The molecule has 0 amide bonds. The number of aliphatic hydroxyl groups excluding tert-OH is 1. The van der Waals surface area contributed by atoms with Crippen LogP contribution in [0.1, 0.15) is 6.92 Å². The Morgan fingerprint density at radius 1 is 1.59 bits per heavy atom. The molecule has 1 atom stereocenters. The SMILES string of the molecule is C[C@H](CO)NS(=O)(=O)c1cc(N)c(F)cc1Cl. The van der Waals surface area contributed by atoms with E-state index in [-0.39, 0.29) is 22.2 Å². The number of halogens is 2. The van der Waals surface area contributed by atoms with Crippen LogP contribution in [0.25, 0.3) is 0 Å². The number of nitrogens with two attached hydrogens (primary N) is 1. The third kappa shape index (κ3) is 3.29. The van der Waals surface area contributed by atoms with Crippen molar-refractivity contribution < 1.29 is 17.9 Å². The summed E-state index contributed by atoms with van der Waals surface area (Å²) >= 11 is 5.64. The van der Waals surface area contributed by atoms with Crippen molar-refractivity contribution in [3.63, 3.8) is 0 Å². The highest BCUT2D eigenvalue weighted by Gasteiger charge is 2.21. The van der Waals surface area contributed by atoms with Crippen LogP contribution in [-0.4, -0.2) is 26.2 Å². The molecule has 0 saturated carbocycles. The van der Waals surface area contributed by atoms with Gasteiger partial charge in [-0.2, -0.15) is 0 Å². The van der Waals surface area contributed by atoms with Gasteiger partial charge >= 0.3 is 0 Å². The van der Waals surface area contributed by atoms with Crippen molar-refractivity contribution in [2.45, 2.75) is 17.9 Å². The minimum absolute atomic E-state index is 0.269. The molecule has 17 heavy (non-hydrogen) atoms. The number of hydrogen-bond donors (Lipinski definition) is 3. The summed E-state index contributed by atoms with van der Waals surface area (Å²) < 4.78 is 38.8. The molecule has 0 unspecified atom stereocenters. The van der Waals surface area contributed by atoms with E-state index in [1.807, 2.05) is 0 Å². The topological polar surface area (TPSA) is 92.4 Å². The third-order valence-electron chi connectivity index (χ3n) is 1.97. The fourth-order valence-corrected chi connectivity index (χ4v) is 2.90. The molecular formula is C9H12ClFN2O3S. The van der Waals surface area contributed by atoms with Gasteiger partial charge in [0.05, 0.1) is 17.3 Å². The zero-order chi connectivity index (χ0) is 13.2. The van der Waals surface area contributed by atoms with Crippen LogP contribution in [0.15, 0.2) is 17.0 Å². The Morgan fingerprint density at radius 3 is 2.71 bits per heavy atom. The Bertz CT molecular complexity index is 521. The average molecular weight is 283 g/mol. The molecule has 1 aromatic rings. The summed E-state index contributed by atoms with van der Waals surface area (Å²) in [6.07, 6.45) is 0. The quantitative estimate of drug-likeness (QED) is 0.710. The van der Waals surface area contributed by atoms with E-state index in [9.17, 15) is 12.8 Å². The lowest BCUT2D eigenvalue weighted by molar-refractivity contribution is 0.265. The highest BCUT2D eigenvalue weighted by molar-refractivity contribution is 7.89. The van der Waals surface area contributed by atoms with Crippen LogP contribution in [0.3, 0.4) is 0 Å². The second kappa shape index (κ2) is 5.18. The van der Waals surface area contributed by atoms with E-state index in [1.54, 1.807) is 0 Å². The number of benzene rings is 1. The van der Waals surface area contributed by atoms with Gasteiger partial charge < -0.3 is 10.8 Å². The van der Waals surface area contributed by atoms with E-state index in [1.165, 1.54) is 6.92 Å². The van der Waals surface area contributed by atoms with Gasteiger partial charge in [-0.15, -0.1) is 0 Å². The summed E-state index contributed by atoms with van der Waals surface area (Å²) in [5.74, 6) is -0.788. The second-order valence-corrected chi connectivity index (χ2v) is 5.60. The van der Waals surface area contributed by atoms with Gasteiger partial charge in [-0.1, -0.05) is 11.6 Å². The molecule has 0 spiro atoms. The number of sulfonamides is 1. The van der Waals surface area contributed by atoms with Crippen LogP contribution < -0.4 is 10.5 Å². The van der Waals surface area contributed by atoms with Gasteiger partial charge in [0.15, 0.2) is 0 Å². The summed E-state index contributed by atoms with van der Waals surface area (Å²) in [5, 5.41) is 8.50. The molecule has 0 aliphatic heterocycles. The maximum atomic E-state index is 13.0. The molecule has 0 bridgehead atoms. The summed E-state index contributed by atoms with van der Waals surface area (Å²) in [6.45, 7) is 1.10. The predicted molar refractivity (Wildman–Crippen MR) is 62.7 cm³/mol. The maximum absolute atomic E-state index is 13.0. The minimum Gasteiger partial charge on any atom is -0.396 e. The normalized spacial score (nSPS) is 13.6. The number of aliphatic hydroxyl groups is 1. The molecule has 1 rings (SSSR count). The van der Waals surface area contributed by atoms with Gasteiger partial charge in [-0.3, -0.25) is 0 Å². The first kappa shape index (κ1) is 14.2. The van der Waals surface area contributed by atoms with Crippen LogP contribution in [0.2, 0.25) is 5.02 Å². The van der Waals surface area contributed by atoms with E-state index in [0.717, 1.165) is 12.1 Å². The highest BCUT2D eigenvalue weighted by atomic mass is 35.5. The van der Waals surface area contributed by atoms with E-state index in [0.29, 0.717) is 0 Å². The molecule has 0 radical (unpaired) electrons. The lowest BCUT2D eigenvalue weighted by Gasteiger charge is -2.13. The number of anilines is 1. The Labute approximate surface area is 103 Å². The predicted octanol–water partition coefficient (Wildman–Crippen LogP) is 0.720. The number of rotatable bonds is 4. The van der Waals surface area contributed by atoms with Crippen molar-refractivity contribution in [2.75, 3.05) is 12.3 Å². The number of nitrogen functional groups attached to an aromatic ring is 1. The summed E-state index contributed by atoms with van der Waals surface area (Å²) in [6, 6.07) is 1.08. The fraction of sp³-hybridized carbons (Fsp3) is 0.333. The molecule has 5 nitrogen and oxygen atoms in total. The van der Waals surface area contributed by atoms with Crippen LogP contribution in [-0.2, 0) is 10.0 Å². The third-order valence-corrected chi connectivity index (χ3v) is 4.03. The van der Waals surface area contributed by atoms with E-state index < -0.39 is 21.9 Å². The zero-order valence-electron chi connectivity index (χ0n) is 8.94. The highest BCUT2D eigenvalue weighted by Crippen LogP contribution is 2.26. The Morgan fingerprint density at radius 2 is 2.18 bits per heavy atom. The van der Waals surface area contributed by atoms with E-state index in [4.69, 9.17) is 22.4 Å². The molecule has 0 aromatic heterocycles. The minimum atomic E-state index is -3.93. The molecular weight excluding hydrogens is 271 g/mol. The van der Waals surface area contributed by atoms with Crippen molar-refractivity contribution in [3.8, 4) is 0 Å². The van der Waals surface area contributed by atoms with Gasteiger partial charge in [-0.25, -0.2) is 17.5 Å². The van der Waals surface area contributed by atoms with Gasteiger partial charge in [-0.05, 0) is 19.1 Å². The first-order chi connectivity index (χ1) is 7.77. The summed E-state index contributed by atoms with van der Waals surface area (Å²) in [7, 11) is -3.93. The summed E-state index contributed by atoms with van der Waals surface area (Å²) in [4.78, 5) is -0.321. The van der Waals surface area contributed by atoms with Crippen LogP contribution >= 0.6 is 11.6 Å². The van der Waals surface area contributed by atoms with Crippen molar-refractivity contribution in [3.05, 3.63) is 23.0 Å². The van der Waals surface area contributed by atoms with E-state index >= 15 is 0 Å². The average Bonchev–Trinajstić information content (AvgIpc) is 2.22. The molecule has 0 saturated heterocycles. The maximum Gasteiger partial charge on any atom is 0.242 e. The van der Waals surface area contributed by atoms with Crippen molar-refractivity contribution >= 4 is 27.3 Å².